The van der Waals surface area contributed by atoms with Crippen LogP contribution in [0, 0.1) is 0 Å². The van der Waals surface area contributed by atoms with Crippen molar-refractivity contribution in [1.29, 1.82) is 0 Å². The lowest BCUT2D eigenvalue weighted by Gasteiger charge is -2.22. The van der Waals surface area contributed by atoms with Gasteiger partial charge >= 0.3 is 0 Å². The molecule has 272 valence electrons. The molecule has 0 aliphatic heterocycles. The number of furan rings is 1. The van der Waals surface area contributed by atoms with Gasteiger partial charge in [0.25, 0.3) is 0 Å². The summed E-state index contributed by atoms with van der Waals surface area (Å²) in [6, 6.07) is 71.5. The van der Waals surface area contributed by atoms with Crippen LogP contribution in [-0.4, -0.2) is 0 Å². The third kappa shape index (κ3) is 4.77. The van der Waals surface area contributed by atoms with E-state index in [9.17, 15) is 0 Å². The van der Waals surface area contributed by atoms with Crippen molar-refractivity contribution >= 4 is 54.3 Å². The van der Waals surface area contributed by atoms with Gasteiger partial charge in [-0.15, -0.1) is 0 Å². The van der Waals surface area contributed by atoms with E-state index < -0.39 is 0 Å². The van der Waals surface area contributed by atoms with E-state index in [1.54, 1.807) is 0 Å². The van der Waals surface area contributed by atoms with Gasteiger partial charge in [-0.1, -0.05) is 178 Å². The molecular formula is C57H38O. The molecule has 0 saturated heterocycles. The summed E-state index contributed by atoms with van der Waals surface area (Å²) in [5, 5.41) is 9.85. The maximum atomic E-state index is 6.22. The Morgan fingerprint density at radius 1 is 0.310 bits per heavy atom. The highest BCUT2D eigenvalue weighted by molar-refractivity contribution is 6.22. The van der Waals surface area contributed by atoms with Crippen molar-refractivity contribution in [1.82, 2.24) is 0 Å². The Morgan fingerprint density at radius 3 is 1.57 bits per heavy atom. The van der Waals surface area contributed by atoms with Gasteiger partial charge in [0.2, 0.25) is 0 Å². The Labute approximate surface area is 337 Å². The number of benzene rings is 10. The molecule has 0 bridgehead atoms. The Balaban J connectivity index is 1.02. The van der Waals surface area contributed by atoms with Crippen molar-refractivity contribution in [3.8, 4) is 55.6 Å². The molecule has 1 aromatic heterocycles. The Bertz CT molecular complexity index is 3410. The van der Waals surface area contributed by atoms with Crippen molar-refractivity contribution in [3.63, 3.8) is 0 Å². The summed E-state index contributed by atoms with van der Waals surface area (Å²) in [7, 11) is 0. The van der Waals surface area contributed by atoms with Crippen LogP contribution >= 0.6 is 0 Å². The van der Waals surface area contributed by atoms with E-state index in [1.165, 1.54) is 99.1 Å². The highest BCUT2D eigenvalue weighted by Crippen LogP contribution is 2.53. The number of hydrogen-bond donors (Lipinski definition) is 0. The fourth-order valence-corrected chi connectivity index (χ4v) is 10.1. The van der Waals surface area contributed by atoms with E-state index in [4.69, 9.17) is 4.42 Å². The van der Waals surface area contributed by atoms with E-state index in [0.717, 1.165) is 21.9 Å². The van der Waals surface area contributed by atoms with E-state index in [-0.39, 0.29) is 5.41 Å². The average molecular weight is 739 g/mol. The molecule has 11 aromatic rings. The van der Waals surface area contributed by atoms with Crippen molar-refractivity contribution in [2.45, 2.75) is 19.3 Å². The zero-order valence-electron chi connectivity index (χ0n) is 32.4. The SMILES string of the molecule is CC1(C)c2cc3ccccc3cc2-c2c(-c3ccc(-c4c5ccccc5c(-c5ccccc5-c5ccc6oc7ccccc7c6c5)c5ccccc45)cc3)cccc21. The predicted octanol–water partition coefficient (Wildman–Crippen LogP) is 16.0. The molecule has 0 N–H and O–H groups in total. The Hall–Kier alpha value is -7.22. The van der Waals surface area contributed by atoms with Crippen LogP contribution in [0.5, 0.6) is 0 Å². The molecular weight excluding hydrogens is 701 g/mol. The van der Waals surface area contributed by atoms with Crippen LogP contribution in [0.1, 0.15) is 25.0 Å². The van der Waals surface area contributed by atoms with Crippen molar-refractivity contribution in [2.24, 2.45) is 0 Å². The second kappa shape index (κ2) is 12.4. The van der Waals surface area contributed by atoms with Crippen LogP contribution in [0.15, 0.2) is 199 Å². The molecule has 0 fully saturated rings. The lowest BCUT2D eigenvalue weighted by Crippen LogP contribution is -2.14. The maximum Gasteiger partial charge on any atom is 0.135 e. The van der Waals surface area contributed by atoms with E-state index in [1.807, 2.05) is 12.1 Å². The van der Waals surface area contributed by atoms with Gasteiger partial charge in [0.15, 0.2) is 0 Å². The third-order valence-corrected chi connectivity index (χ3v) is 12.9. The number of hydrogen-bond acceptors (Lipinski definition) is 1. The van der Waals surface area contributed by atoms with E-state index in [0.29, 0.717) is 0 Å². The molecule has 1 heteroatoms. The summed E-state index contributed by atoms with van der Waals surface area (Å²) in [5.74, 6) is 0. The van der Waals surface area contributed by atoms with E-state index >= 15 is 0 Å². The van der Waals surface area contributed by atoms with Gasteiger partial charge in [-0.3, -0.25) is 0 Å². The number of para-hydroxylation sites is 1. The Morgan fingerprint density at radius 2 is 0.845 bits per heavy atom. The molecule has 0 amide bonds. The molecule has 1 heterocycles. The van der Waals surface area contributed by atoms with Crippen LogP contribution < -0.4 is 0 Å². The highest BCUT2D eigenvalue weighted by atomic mass is 16.3. The van der Waals surface area contributed by atoms with Crippen molar-refractivity contribution in [3.05, 3.63) is 205 Å². The average Bonchev–Trinajstić information content (AvgIpc) is 3.76. The van der Waals surface area contributed by atoms with Crippen LogP contribution in [-0.2, 0) is 5.41 Å². The topological polar surface area (TPSA) is 13.1 Å². The first-order valence-corrected chi connectivity index (χ1v) is 20.3. The first kappa shape index (κ1) is 33.0. The van der Waals surface area contributed by atoms with Crippen LogP contribution in [0.3, 0.4) is 0 Å². The molecule has 58 heavy (non-hydrogen) atoms. The van der Waals surface area contributed by atoms with Gasteiger partial charge < -0.3 is 4.42 Å². The zero-order chi connectivity index (χ0) is 38.5. The molecule has 0 atom stereocenters. The fraction of sp³-hybridized carbons (Fsp3) is 0.0526. The highest BCUT2D eigenvalue weighted by Gasteiger charge is 2.37. The van der Waals surface area contributed by atoms with Gasteiger partial charge in [0.05, 0.1) is 0 Å². The van der Waals surface area contributed by atoms with Gasteiger partial charge in [-0.05, 0) is 129 Å². The molecule has 0 spiro atoms. The van der Waals surface area contributed by atoms with Crippen molar-refractivity contribution in [2.75, 3.05) is 0 Å². The number of rotatable bonds is 4. The summed E-state index contributed by atoms with van der Waals surface area (Å²) in [4.78, 5) is 0. The minimum Gasteiger partial charge on any atom is -0.456 e. The summed E-state index contributed by atoms with van der Waals surface area (Å²) >= 11 is 0. The molecule has 0 unspecified atom stereocenters. The number of fused-ring (bicyclic) bond motifs is 9. The lowest BCUT2D eigenvalue weighted by atomic mass is 9.81. The molecule has 10 aromatic carbocycles. The van der Waals surface area contributed by atoms with Crippen LogP contribution in [0.25, 0.3) is 110 Å². The van der Waals surface area contributed by atoms with Gasteiger partial charge in [-0.2, -0.15) is 0 Å². The largest absolute Gasteiger partial charge is 0.456 e. The molecule has 1 aliphatic rings. The minimum atomic E-state index is -0.0801. The fourth-order valence-electron chi connectivity index (χ4n) is 10.1. The molecule has 1 nitrogen and oxygen atoms in total. The summed E-state index contributed by atoms with van der Waals surface area (Å²) in [6.07, 6.45) is 0. The van der Waals surface area contributed by atoms with Gasteiger partial charge in [0, 0.05) is 16.2 Å². The lowest BCUT2D eigenvalue weighted by molar-refractivity contribution is 0.661. The van der Waals surface area contributed by atoms with Crippen LogP contribution in [0.2, 0.25) is 0 Å². The molecule has 1 aliphatic carbocycles. The summed E-state index contributed by atoms with van der Waals surface area (Å²) in [5.41, 5.74) is 17.1. The first-order valence-electron chi connectivity index (χ1n) is 20.3. The maximum absolute atomic E-state index is 6.22. The second-order valence-corrected chi connectivity index (χ2v) is 16.4. The molecule has 0 radical (unpaired) electrons. The monoisotopic (exact) mass is 738 g/mol. The molecule has 12 rings (SSSR count). The summed E-state index contributed by atoms with van der Waals surface area (Å²) in [6.45, 7) is 4.74. The quantitative estimate of drug-likeness (QED) is 0.164. The van der Waals surface area contributed by atoms with Crippen LogP contribution in [0.4, 0.5) is 0 Å². The smallest absolute Gasteiger partial charge is 0.135 e. The molecule has 0 saturated carbocycles. The third-order valence-electron chi connectivity index (χ3n) is 12.9. The second-order valence-electron chi connectivity index (χ2n) is 16.4. The van der Waals surface area contributed by atoms with Crippen molar-refractivity contribution < 1.29 is 4.42 Å². The normalized spacial score (nSPS) is 13.1. The Kier molecular flexibility index (Phi) is 7.04. The minimum absolute atomic E-state index is 0.0801. The van der Waals surface area contributed by atoms with E-state index in [2.05, 4.69) is 196 Å². The predicted molar refractivity (Wildman–Crippen MR) is 246 cm³/mol. The van der Waals surface area contributed by atoms with Gasteiger partial charge in [-0.25, -0.2) is 0 Å². The summed E-state index contributed by atoms with van der Waals surface area (Å²) < 4.78 is 6.22. The first-order chi connectivity index (χ1) is 28.5. The zero-order valence-corrected chi connectivity index (χ0v) is 32.4. The standard InChI is InChI=1S/C57H38O/c1-57(2)50-24-13-23-41(56(50)49-32-37-14-3-4-15-38(37)34-51(49)57)35-26-28-36(29-27-35)54-44-19-7-9-21-46(44)55(47-22-10-8-20-45(47)54)43-18-6-5-16-40(43)39-30-31-53-48(33-39)42-17-11-12-25-52(42)58-53/h3-34H,1-2H3. The van der Waals surface area contributed by atoms with Gasteiger partial charge in [0.1, 0.15) is 11.2 Å².